The first-order chi connectivity index (χ1) is 15.5. The largest absolute Gasteiger partial charge is 0.497 e. The Morgan fingerprint density at radius 2 is 1.91 bits per heavy atom. The lowest BCUT2D eigenvalue weighted by atomic mass is 9.61. The Kier molecular flexibility index (Phi) is 6.71. The lowest BCUT2D eigenvalue weighted by molar-refractivity contribution is -0.0103. The van der Waals surface area contributed by atoms with E-state index in [9.17, 15) is 4.79 Å². The number of likely N-dealkylation sites (tertiary alicyclic amines) is 2. The third kappa shape index (κ3) is 4.88. The molecule has 1 aromatic carbocycles. The fraction of sp³-hybridized carbons (Fsp3) is 0.741. The van der Waals surface area contributed by atoms with Crippen molar-refractivity contribution in [1.29, 1.82) is 0 Å². The molecule has 1 aliphatic carbocycles. The summed E-state index contributed by atoms with van der Waals surface area (Å²) < 4.78 is 11.2. The van der Waals surface area contributed by atoms with E-state index in [4.69, 9.17) is 9.47 Å². The van der Waals surface area contributed by atoms with Crippen molar-refractivity contribution in [3.63, 3.8) is 0 Å². The molecular formula is C27H43N3O3. The van der Waals surface area contributed by atoms with E-state index in [0.717, 1.165) is 57.6 Å². The Morgan fingerprint density at radius 1 is 1.21 bits per heavy atom. The summed E-state index contributed by atoms with van der Waals surface area (Å²) in [5, 5.41) is 0. The van der Waals surface area contributed by atoms with Crippen molar-refractivity contribution in [2.45, 2.75) is 76.5 Å². The second-order valence-corrected chi connectivity index (χ2v) is 11.7. The summed E-state index contributed by atoms with van der Waals surface area (Å²) >= 11 is 0. The molecule has 2 heterocycles. The van der Waals surface area contributed by atoms with Gasteiger partial charge in [-0.05, 0) is 96.3 Å². The van der Waals surface area contributed by atoms with Gasteiger partial charge in [-0.15, -0.1) is 0 Å². The molecule has 2 aliphatic heterocycles. The first kappa shape index (κ1) is 24.3. The highest BCUT2D eigenvalue weighted by molar-refractivity contribution is 5.68. The summed E-state index contributed by atoms with van der Waals surface area (Å²) in [4.78, 5) is 19.5. The average Bonchev–Trinajstić information content (AvgIpc) is 2.75. The van der Waals surface area contributed by atoms with Crippen LogP contribution in [0.25, 0.3) is 0 Å². The number of ether oxygens (including phenoxy) is 2. The minimum absolute atomic E-state index is 0.116. The van der Waals surface area contributed by atoms with E-state index < -0.39 is 5.60 Å². The third-order valence-electron chi connectivity index (χ3n) is 8.22. The monoisotopic (exact) mass is 457 g/mol. The average molecular weight is 458 g/mol. The number of piperidine rings is 2. The Bertz CT molecular complexity index is 859. The van der Waals surface area contributed by atoms with Crippen LogP contribution in [-0.4, -0.2) is 85.9 Å². The second kappa shape index (κ2) is 9.10. The molecule has 1 aromatic rings. The number of hydrogen-bond acceptors (Lipinski definition) is 5. The maximum absolute atomic E-state index is 12.4. The molecule has 0 saturated carbocycles. The van der Waals surface area contributed by atoms with Crippen LogP contribution in [0, 0.1) is 5.92 Å². The van der Waals surface area contributed by atoms with Gasteiger partial charge in [0, 0.05) is 37.1 Å². The van der Waals surface area contributed by atoms with Gasteiger partial charge in [-0.3, -0.25) is 0 Å². The Hall–Kier alpha value is -1.79. The van der Waals surface area contributed by atoms with Gasteiger partial charge in [0.05, 0.1) is 7.11 Å². The number of carbonyl (C=O) groups excluding carboxylic acids is 1. The predicted molar refractivity (Wildman–Crippen MR) is 132 cm³/mol. The van der Waals surface area contributed by atoms with Crippen LogP contribution in [0.15, 0.2) is 18.2 Å². The second-order valence-electron chi connectivity index (χ2n) is 11.7. The first-order valence-corrected chi connectivity index (χ1v) is 12.6. The Balaban J connectivity index is 1.46. The van der Waals surface area contributed by atoms with Gasteiger partial charge in [-0.2, -0.15) is 0 Å². The number of rotatable bonds is 4. The van der Waals surface area contributed by atoms with Crippen molar-refractivity contribution in [2.75, 3.05) is 47.4 Å². The van der Waals surface area contributed by atoms with Gasteiger partial charge < -0.3 is 24.2 Å². The number of carbonyl (C=O) groups is 1. The van der Waals surface area contributed by atoms with Gasteiger partial charge in [-0.1, -0.05) is 13.0 Å². The maximum Gasteiger partial charge on any atom is 0.410 e. The van der Waals surface area contributed by atoms with Crippen LogP contribution >= 0.6 is 0 Å². The van der Waals surface area contributed by atoms with Crippen molar-refractivity contribution in [2.24, 2.45) is 5.92 Å². The molecule has 3 aliphatic rings. The van der Waals surface area contributed by atoms with Crippen molar-refractivity contribution in [3.05, 3.63) is 29.3 Å². The summed E-state index contributed by atoms with van der Waals surface area (Å²) in [5.74, 6) is 1.57. The van der Waals surface area contributed by atoms with Crippen molar-refractivity contribution in [1.82, 2.24) is 14.7 Å². The molecule has 1 unspecified atom stereocenters. The standard InChI is InChI=1S/C27H43N3O3/c1-26(2,3)33-25(31)30-13-10-19(11-14-30)18-29(6)24-23-16-20-8-9-21(32-7)17-22(20)27(24,4)12-15-28(23)5/h8-9,17,19,23-24H,10-16,18H2,1-7H3/t23-,24+,27?/m1/s1. The molecule has 0 radical (unpaired) electrons. The van der Waals surface area contributed by atoms with Crippen molar-refractivity contribution in [3.8, 4) is 5.75 Å². The molecule has 6 nitrogen and oxygen atoms in total. The molecule has 0 aromatic heterocycles. The molecule has 2 bridgehead atoms. The van der Waals surface area contributed by atoms with Crippen molar-refractivity contribution >= 4 is 6.09 Å². The molecule has 0 spiro atoms. The molecule has 184 valence electrons. The number of fused-ring (bicyclic) bond motifs is 4. The number of amides is 1. The molecule has 2 fully saturated rings. The number of hydrogen-bond donors (Lipinski definition) is 0. The SMILES string of the molecule is COc1ccc2c(c1)C1(C)CCN(C)[C@H](C2)[C@@H]1N(C)CC1CCN(C(=O)OC(C)(C)C)CC1. The molecule has 3 atom stereocenters. The molecule has 1 amide bonds. The van der Waals surface area contributed by atoms with E-state index >= 15 is 0 Å². The van der Waals surface area contributed by atoms with Gasteiger partial charge in [0.1, 0.15) is 11.4 Å². The Morgan fingerprint density at radius 3 is 2.55 bits per heavy atom. The van der Waals surface area contributed by atoms with Gasteiger partial charge in [0.25, 0.3) is 0 Å². The number of methoxy groups -OCH3 is 1. The van der Waals surface area contributed by atoms with Gasteiger partial charge in [-0.25, -0.2) is 4.79 Å². The normalized spacial score (nSPS) is 28.5. The van der Waals surface area contributed by atoms with Crippen LogP contribution in [0.3, 0.4) is 0 Å². The summed E-state index contributed by atoms with van der Waals surface area (Å²) in [7, 11) is 6.37. The molecule has 0 N–H and O–H groups in total. The third-order valence-corrected chi connectivity index (χ3v) is 8.22. The minimum atomic E-state index is -0.437. The number of nitrogens with zero attached hydrogens (tertiary/aromatic N) is 3. The van der Waals surface area contributed by atoms with E-state index in [1.165, 1.54) is 11.1 Å². The van der Waals surface area contributed by atoms with Gasteiger partial charge in [0.15, 0.2) is 0 Å². The molecule has 2 saturated heterocycles. The molecule has 6 heteroatoms. The lowest BCUT2D eigenvalue weighted by Gasteiger charge is -2.58. The summed E-state index contributed by atoms with van der Waals surface area (Å²) in [5.41, 5.74) is 2.63. The zero-order valence-electron chi connectivity index (χ0n) is 21.7. The topological polar surface area (TPSA) is 45.2 Å². The smallest absolute Gasteiger partial charge is 0.410 e. The lowest BCUT2D eigenvalue weighted by Crippen LogP contribution is -2.66. The summed E-state index contributed by atoms with van der Waals surface area (Å²) in [6.07, 6.45) is 4.16. The molecule has 4 rings (SSSR count). The van der Waals surface area contributed by atoms with Crippen LogP contribution in [0.5, 0.6) is 5.75 Å². The zero-order chi connectivity index (χ0) is 24.0. The number of benzene rings is 1. The first-order valence-electron chi connectivity index (χ1n) is 12.6. The van der Waals surface area contributed by atoms with E-state index in [1.54, 1.807) is 7.11 Å². The van der Waals surface area contributed by atoms with E-state index in [1.807, 2.05) is 25.7 Å². The van der Waals surface area contributed by atoms with Gasteiger partial charge >= 0.3 is 6.09 Å². The van der Waals surface area contributed by atoms with E-state index in [-0.39, 0.29) is 11.5 Å². The van der Waals surface area contributed by atoms with Crippen LogP contribution in [0.1, 0.15) is 58.1 Å². The highest BCUT2D eigenvalue weighted by Crippen LogP contribution is 2.47. The fourth-order valence-corrected chi connectivity index (χ4v) is 6.49. The number of likely N-dealkylation sites (N-methyl/N-ethyl adjacent to an activating group) is 2. The summed E-state index contributed by atoms with van der Waals surface area (Å²) in [6.45, 7) is 12.0. The zero-order valence-corrected chi connectivity index (χ0v) is 21.7. The van der Waals surface area contributed by atoms with Crippen LogP contribution < -0.4 is 4.74 Å². The maximum atomic E-state index is 12.4. The van der Waals surface area contributed by atoms with Crippen LogP contribution in [-0.2, 0) is 16.6 Å². The van der Waals surface area contributed by atoms with Gasteiger partial charge in [0.2, 0.25) is 0 Å². The predicted octanol–water partition coefficient (Wildman–Crippen LogP) is 4.16. The summed E-state index contributed by atoms with van der Waals surface area (Å²) in [6, 6.07) is 7.68. The minimum Gasteiger partial charge on any atom is -0.497 e. The molecule has 33 heavy (non-hydrogen) atoms. The van der Waals surface area contributed by atoms with Crippen LogP contribution in [0.4, 0.5) is 4.79 Å². The quantitative estimate of drug-likeness (QED) is 0.679. The highest BCUT2D eigenvalue weighted by Gasteiger charge is 2.51. The van der Waals surface area contributed by atoms with E-state index in [2.05, 4.69) is 49.0 Å². The van der Waals surface area contributed by atoms with Crippen LogP contribution in [0.2, 0.25) is 0 Å². The van der Waals surface area contributed by atoms with E-state index in [0.29, 0.717) is 18.0 Å². The molecular weight excluding hydrogens is 414 g/mol. The highest BCUT2D eigenvalue weighted by atomic mass is 16.6. The fourth-order valence-electron chi connectivity index (χ4n) is 6.49. The Labute approximate surface area is 200 Å². The van der Waals surface area contributed by atoms with Crippen molar-refractivity contribution < 1.29 is 14.3 Å².